The molecule has 21 heavy (non-hydrogen) atoms. The number of piperidine rings is 1. The fourth-order valence-electron chi connectivity index (χ4n) is 3.06. The number of carbonyl (C=O) groups is 1. The Morgan fingerprint density at radius 1 is 1.38 bits per heavy atom. The average Bonchev–Trinajstić information content (AvgIpc) is 3.05. The molecule has 1 N–H and O–H groups in total. The van der Waals surface area contributed by atoms with E-state index in [9.17, 15) is 4.79 Å². The molecular formula is C15H21N5O. The number of aryl methyl sites for hydroxylation is 3. The monoisotopic (exact) mass is 287 g/mol. The summed E-state index contributed by atoms with van der Waals surface area (Å²) < 4.78 is 1.90. The van der Waals surface area contributed by atoms with Gasteiger partial charge in [-0.2, -0.15) is 5.10 Å². The lowest BCUT2D eigenvalue weighted by Gasteiger charge is -2.34. The summed E-state index contributed by atoms with van der Waals surface area (Å²) in [4.78, 5) is 19.3. The summed E-state index contributed by atoms with van der Waals surface area (Å²) in [7, 11) is 1.91. The first-order valence-electron chi connectivity index (χ1n) is 7.39. The first-order chi connectivity index (χ1) is 10.1. The number of likely N-dealkylation sites (tertiary alicyclic amines) is 1. The van der Waals surface area contributed by atoms with Crippen LogP contribution < -0.4 is 0 Å². The summed E-state index contributed by atoms with van der Waals surface area (Å²) >= 11 is 0. The first-order valence-corrected chi connectivity index (χ1v) is 7.39. The molecular weight excluding hydrogens is 266 g/mol. The molecule has 1 saturated heterocycles. The van der Waals surface area contributed by atoms with Gasteiger partial charge in [-0.3, -0.25) is 9.89 Å². The molecule has 3 heterocycles. The van der Waals surface area contributed by atoms with Crippen LogP contribution in [0.3, 0.4) is 0 Å². The quantitative estimate of drug-likeness (QED) is 0.920. The van der Waals surface area contributed by atoms with Crippen LogP contribution in [-0.2, 0) is 7.05 Å². The van der Waals surface area contributed by atoms with Gasteiger partial charge in [-0.1, -0.05) is 0 Å². The molecule has 6 heteroatoms. The molecule has 2 aromatic rings. The molecule has 112 valence electrons. The minimum Gasteiger partial charge on any atom is -0.346 e. The maximum Gasteiger partial charge on any atom is 0.271 e. The molecule has 3 rings (SSSR count). The Morgan fingerprint density at radius 3 is 2.81 bits per heavy atom. The maximum atomic E-state index is 12.9. The van der Waals surface area contributed by atoms with Gasteiger partial charge in [0.25, 0.3) is 5.91 Å². The zero-order valence-corrected chi connectivity index (χ0v) is 12.8. The number of hydrogen-bond acceptors (Lipinski definition) is 3. The minimum atomic E-state index is -0.0227. The van der Waals surface area contributed by atoms with Gasteiger partial charge in [0, 0.05) is 19.8 Å². The van der Waals surface area contributed by atoms with E-state index in [1.165, 1.54) is 0 Å². The normalized spacial score (nSPS) is 19.0. The number of nitrogens with zero attached hydrogens (tertiary/aromatic N) is 4. The van der Waals surface area contributed by atoms with E-state index < -0.39 is 0 Å². The summed E-state index contributed by atoms with van der Waals surface area (Å²) in [6.07, 6.45) is 4.99. The third-order valence-corrected chi connectivity index (χ3v) is 4.15. The number of aromatic nitrogens is 4. The van der Waals surface area contributed by atoms with Crippen LogP contribution in [0, 0.1) is 13.8 Å². The van der Waals surface area contributed by atoms with Crippen LogP contribution in [0.1, 0.15) is 53.0 Å². The summed E-state index contributed by atoms with van der Waals surface area (Å²) in [6.45, 7) is 4.62. The van der Waals surface area contributed by atoms with E-state index in [4.69, 9.17) is 0 Å². The molecule has 2 aromatic heterocycles. The second-order valence-electron chi connectivity index (χ2n) is 5.75. The van der Waals surface area contributed by atoms with Crippen molar-refractivity contribution in [1.29, 1.82) is 0 Å². The molecule has 6 nitrogen and oxygen atoms in total. The molecule has 0 aliphatic carbocycles. The van der Waals surface area contributed by atoms with Crippen LogP contribution in [0.15, 0.2) is 12.3 Å². The van der Waals surface area contributed by atoms with Crippen molar-refractivity contribution in [3.8, 4) is 0 Å². The van der Waals surface area contributed by atoms with Crippen LogP contribution in [0.5, 0.6) is 0 Å². The lowest BCUT2D eigenvalue weighted by molar-refractivity contribution is 0.0589. The van der Waals surface area contributed by atoms with Gasteiger partial charge in [0.15, 0.2) is 5.82 Å². The third-order valence-electron chi connectivity index (χ3n) is 4.15. The van der Waals surface area contributed by atoms with Crippen molar-refractivity contribution in [2.24, 2.45) is 7.05 Å². The highest BCUT2D eigenvalue weighted by Gasteiger charge is 2.32. The summed E-state index contributed by atoms with van der Waals surface area (Å²) in [6, 6.07) is 1.95. The van der Waals surface area contributed by atoms with Gasteiger partial charge in [0.1, 0.15) is 11.5 Å². The van der Waals surface area contributed by atoms with Crippen LogP contribution in [0.25, 0.3) is 0 Å². The number of amides is 1. The van der Waals surface area contributed by atoms with Gasteiger partial charge in [0.05, 0.1) is 6.04 Å². The molecule has 1 aliphatic rings. The molecule has 0 bridgehead atoms. The SMILES string of the molecule is Cc1nc([C@H]2CCCCN2C(=O)c2c(C)ccn2C)n[nH]1. The third kappa shape index (κ3) is 2.46. The highest BCUT2D eigenvalue weighted by Crippen LogP contribution is 2.30. The zero-order valence-electron chi connectivity index (χ0n) is 12.8. The lowest BCUT2D eigenvalue weighted by Crippen LogP contribution is -2.40. The van der Waals surface area contributed by atoms with Crippen molar-refractivity contribution in [2.45, 2.75) is 39.2 Å². The molecule has 0 saturated carbocycles. The smallest absolute Gasteiger partial charge is 0.271 e. The number of aromatic amines is 1. The van der Waals surface area contributed by atoms with Crippen LogP contribution in [-0.4, -0.2) is 37.1 Å². The molecule has 1 fully saturated rings. The van der Waals surface area contributed by atoms with Gasteiger partial charge in [-0.25, -0.2) is 4.98 Å². The van der Waals surface area contributed by atoms with Gasteiger partial charge < -0.3 is 9.47 Å². The van der Waals surface area contributed by atoms with Crippen LogP contribution in [0.4, 0.5) is 0 Å². The first kappa shape index (κ1) is 13.9. The van der Waals surface area contributed by atoms with E-state index in [2.05, 4.69) is 15.2 Å². The van der Waals surface area contributed by atoms with E-state index in [1.807, 2.05) is 42.6 Å². The number of nitrogens with one attached hydrogen (secondary N) is 1. The Balaban J connectivity index is 1.93. The minimum absolute atomic E-state index is 0.0227. The summed E-state index contributed by atoms with van der Waals surface area (Å²) in [5.41, 5.74) is 1.77. The number of rotatable bonds is 2. The summed E-state index contributed by atoms with van der Waals surface area (Å²) in [5.74, 6) is 1.59. The Morgan fingerprint density at radius 2 is 2.19 bits per heavy atom. The predicted molar refractivity (Wildman–Crippen MR) is 78.9 cm³/mol. The van der Waals surface area contributed by atoms with Crippen LogP contribution >= 0.6 is 0 Å². The van der Waals surface area contributed by atoms with E-state index in [0.717, 1.165) is 48.7 Å². The van der Waals surface area contributed by atoms with E-state index in [1.54, 1.807) is 0 Å². The van der Waals surface area contributed by atoms with Gasteiger partial charge in [0.2, 0.25) is 0 Å². The zero-order chi connectivity index (χ0) is 15.0. The van der Waals surface area contributed by atoms with Crippen molar-refractivity contribution in [2.75, 3.05) is 6.54 Å². The van der Waals surface area contributed by atoms with Crippen molar-refractivity contribution < 1.29 is 4.79 Å². The molecule has 0 unspecified atom stereocenters. The molecule has 0 spiro atoms. The Labute approximate surface area is 124 Å². The molecule has 0 aromatic carbocycles. The Kier molecular flexibility index (Phi) is 3.53. The fraction of sp³-hybridized carbons (Fsp3) is 0.533. The van der Waals surface area contributed by atoms with Gasteiger partial charge in [-0.15, -0.1) is 0 Å². The molecule has 1 aliphatic heterocycles. The van der Waals surface area contributed by atoms with Gasteiger partial charge >= 0.3 is 0 Å². The number of hydrogen-bond donors (Lipinski definition) is 1. The summed E-state index contributed by atoms with van der Waals surface area (Å²) in [5, 5.41) is 7.14. The molecule has 0 radical (unpaired) electrons. The van der Waals surface area contributed by atoms with Crippen LogP contribution in [0.2, 0.25) is 0 Å². The highest BCUT2D eigenvalue weighted by molar-refractivity contribution is 5.94. The highest BCUT2D eigenvalue weighted by atomic mass is 16.2. The maximum absolute atomic E-state index is 12.9. The van der Waals surface area contributed by atoms with E-state index >= 15 is 0 Å². The predicted octanol–water partition coefficient (Wildman–Crippen LogP) is 2.13. The topological polar surface area (TPSA) is 66.8 Å². The van der Waals surface area contributed by atoms with E-state index in [-0.39, 0.29) is 11.9 Å². The number of carbonyl (C=O) groups excluding carboxylic acids is 1. The van der Waals surface area contributed by atoms with E-state index in [0.29, 0.717) is 0 Å². The molecule has 1 atom stereocenters. The standard InChI is InChI=1S/C15H21N5O/c1-10-7-9-19(3)13(10)15(21)20-8-5-4-6-12(20)14-16-11(2)17-18-14/h7,9,12H,4-6,8H2,1-3H3,(H,16,17,18)/t12-/m1/s1. The van der Waals surface area contributed by atoms with Crippen molar-refractivity contribution in [3.05, 3.63) is 35.2 Å². The largest absolute Gasteiger partial charge is 0.346 e. The van der Waals surface area contributed by atoms with Gasteiger partial charge in [-0.05, 0) is 44.7 Å². The van der Waals surface area contributed by atoms with Crippen molar-refractivity contribution in [3.63, 3.8) is 0 Å². The average molecular weight is 287 g/mol. The fourth-order valence-corrected chi connectivity index (χ4v) is 3.06. The van der Waals surface area contributed by atoms with Crippen molar-refractivity contribution in [1.82, 2.24) is 24.6 Å². The number of H-pyrrole nitrogens is 1. The Bertz CT molecular complexity index is 637. The lowest BCUT2D eigenvalue weighted by atomic mass is 10.0. The Hall–Kier alpha value is -2.11. The second kappa shape index (κ2) is 5.35. The van der Waals surface area contributed by atoms with Crippen molar-refractivity contribution >= 4 is 5.91 Å². The second-order valence-corrected chi connectivity index (χ2v) is 5.75. The molecule has 1 amide bonds.